The van der Waals surface area contributed by atoms with Gasteiger partial charge < -0.3 is 5.32 Å². The van der Waals surface area contributed by atoms with E-state index in [4.69, 9.17) is 0 Å². The minimum atomic E-state index is -3.89. The summed E-state index contributed by atoms with van der Waals surface area (Å²) >= 11 is 3.12. The first-order chi connectivity index (χ1) is 9.84. The van der Waals surface area contributed by atoms with Crippen molar-refractivity contribution in [3.63, 3.8) is 0 Å². The number of hydrogen-bond donors (Lipinski definition) is 1. The van der Waals surface area contributed by atoms with Gasteiger partial charge in [0.05, 0.1) is 4.92 Å². The highest BCUT2D eigenvalue weighted by Crippen LogP contribution is 2.30. The number of nitrogens with one attached hydrogen (secondary N) is 1. The number of piperidine rings is 1. The molecule has 1 aromatic rings. The molecule has 1 aliphatic heterocycles. The number of nitro benzene ring substituents is 1. The van der Waals surface area contributed by atoms with E-state index in [2.05, 4.69) is 21.2 Å². The second kappa shape index (κ2) is 7.69. The SMILES string of the molecule is CN(C1CCNCC1)S(=O)(=O)c1ccc(Br)cc1[N+](=O)[O-].Cl. The molecule has 1 heterocycles. The van der Waals surface area contributed by atoms with Crippen molar-refractivity contribution in [2.75, 3.05) is 20.1 Å². The van der Waals surface area contributed by atoms with Crippen LogP contribution in [0.5, 0.6) is 0 Å². The minimum Gasteiger partial charge on any atom is -0.317 e. The van der Waals surface area contributed by atoms with Crippen LogP contribution in [-0.2, 0) is 10.0 Å². The Balaban J connectivity index is 0.00000242. The van der Waals surface area contributed by atoms with Crippen LogP contribution < -0.4 is 5.32 Å². The van der Waals surface area contributed by atoms with Gasteiger partial charge in [0.25, 0.3) is 5.69 Å². The number of halogens is 2. The Labute approximate surface area is 143 Å². The van der Waals surface area contributed by atoms with Crippen LogP contribution in [0.3, 0.4) is 0 Å². The zero-order valence-electron chi connectivity index (χ0n) is 11.9. The van der Waals surface area contributed by atoms with Crippen LogP contribution in [0.1, 0.15) is 12.8 Å². The van der Waals surface area contributed by atoms with E-state index in [1.165, 1.54) is 29.6 Å². The molecule has 22 heavy (non-hydrogen) atoms. The maximum Gasteiger partial charge on any atom is 0.290 e. The van der Waals surface area contributed by atoms with Crippen molar-refractivity contribution in [2.45, 2.75) is 23.8 Å². The Kier molecular flexibility index (Phi) is 6.75. The van der Waals surface area contributed by atoms with Gasteiger partial charge in [-0.1, -0.05) is 15.9 Å². The summed E-state index contributed by atoms with van der Waals surface area (Å²) in [7, 11) is -2.40. The van der Waals surface area contributed by atoms with Gasteiger partial charge in [-0.25, -0.2) is 8.42 Å². The molecule has 10 heteroatoms. The van der Waals surface area contributed by atoms with Crippen molar-refractivity contribution in [2.24, 2.45) is 0 Å². The molecule has 1 saturated heterocycles. The topological polar surface area (TPSA) is 92.6 Å². The molecule has 7 nitrogen and oxygen atoms in total. The number of sulfonamides is 1. The van der Waals surface area contributed by atoms with Gasteiger partial charge in [-0.3, -0.25) is 10.1 Å². The Bertz CT molecular complexity index is 650. The lowest BCUT2D eigenvalue weighted by Gasteiger charge is -2.30. The quantitative estimate of drug-likeness (QED) is 0.602. The molecular formula is C12H17BrClN3O4S. The van der Waals surface area contributed by atoms with Gasteiger partial charge in [0, 0.05) is 23.6 Å². The summed E-state index contributed by atoms with van der Waals surface area (Å²) in [6.07, 6.45) is 1.39. The zero-order chi connectivity index (χ0) is 15.6. The van der Waals surface area contributed by atoms with Crippen LogP contribution in [0, 0.1) is 10.1 Å². The van der Waals surface area contributed by atoms with E-state index in [1.54, 1.807) is 0 Å². The first-order valence-electron chi connectivity index (χ1n) is 6.46. The normalized spacial score (nSPS) is 16.3. The summed E-state index contributed by atoms with van der Waals surface area (Å²) in [5, 5.41) is 14.3. The van der Waals surface area contributed by atoms with E-state index >= 15 is 0 Å². The summed E-state index contributed by atoms with van der Waals surface area (Å²) < 4.78 is 27.0. The average molecular weight is 415 g/mol. The molecular weight excluding hydrogens is 398 g/mol. The van der Waals surface area contributed by atoms with E-state index < -0.39 is 20.6 Å². The third-order valence-electron chi connectivity index (χ3n) is 3.60. The van der Waals surface area contributed by atoms with Crippen LogP contribution in [0.25, 0.3) is 0 Å². The molecule has 2 rings (SSSR count). The van der Waals surface area contributed by atoms with Crippen LogP contribution in [0.2, 0.25) is 0 Å². The van der Waals surface area contributed by atoms with Gasteiger partial charge in [-0.05, 0) is 38.1 Å². The highest BCUT2D eigenvalue weighted by molar-refractivity contribution is 9.10. The van der Waals surface area contributed by atoms with Crippen molar-refractivity contribution in [1.82, 2.24) is 9.62 Å². The Morgan fingerprint density at radius 2 is 1.95 bits per heavy atom. The molecule has 0 bridgehead atoms. The van der Waals surface area contributed by atoms with Crippen molar-refractivity contribution >= 4 is 44.0 Å². The second-order valence-corrected chi connectivity index (χ2v) is 7.75. The second-order valence-electron chi connectivity index (χ2n) is 4.87. The number of rotatable bonds is 4. The molecule has 0 saturated carbocycles. The molecule has 1 aliphatic rings. The molecule has 0 unspecified atom stereocenters. The van der Waals surface area contributed by atoms with Crippen LogP contribution in [-0.4, -0.2) is 43.8 Å². The predicted octanol–water partition coefficient (Wildman–Crippen LogP) is 2.15. The lowest BCUT2D eigenvalue weighted by Crippen LogP contribution is -2.43. The minimum absolute atomic E-state index is 0. The Morgan fingerprint density at radius 3 is 2.50 bits per heavy atom. The molecule has 1 aromatic carbocycles. The summed E-state index contributed by atoms with van der Waals surface area (Å²) in [6.45, 7) is 1.49. The number of hydrogen-bond acceptors (Lipinski definition) is 5. The van der Waals surface area contributed by atoms with E-state index in [1.807, 2.05) is 0 Å². The standard InChI is InChI=1S/C12H16BrN3O4S.ClH/c1-15(10-4-6-14-7-5-10)21(19,20)12-3-2-9(13)8-11(12)16(17)18;/h2-3,8,10,14H,4-7H2,1H3;1H. The van der Waals surface area contributed by atoms with Gasteiger partial charge in [0.15, 0.2) is 4.90 Å². The molecule has 0 radical (unpaired) electrons. The number of nitro groups is 1. The predicted molar refractivity (Wildman–Crippen MR) is 88.9 cm³/mol. The maximum atomic E-state index is 12.7. The smallest absolute Gasteiger partial charge is 0.290 e. The van der Waals surface area contributed by atoms with Gasteiger partial charge >= 0.3 is 0 Å². The summed E-state index contributed by atoms with van der Waals surface area (Å²) in [5.41, 5.74) is -0.412. The van der Waals surface area contributed by atoms with Crippen molar-refractivity contribution < 1.29 is 13.3 Å². The lowest BCUT2D eigenvalue weighted by atomic mass is 10.1. The van der Waals surface area contributed by atoms with Crippen LogP contribution >= 0.6 is 28.3 Å². The third-order valence-corrected chi connectivity index (χ3v) is 6.05. The van der Waals surface area contributed by atoms with E-state index in [9.17, 15) is 18.5 Å². The molecule has 0 spiro atoms. The fraction of sp³-hybridized carbons (Fsp3) is 0.500. The molecule has 0 aromatic heterocycles. The van der Waals surface area contributed by atoms with Crippen molar-refractivity contribution in [3.05, 3.63) is 32.8 Å². The fourth-order valence-electron chi connectivity index (χ4n) is 2.37. The monoisotopic (exact) mass is 413 g/mol. The number of benzene rings is 1. The Morgan fingerprint density at radius 1 is 1.36 bits per heavy atom. The van der Waals surface area contributed by atoms with Crippen molar-refractivity contribution in [1.29, 1.82) is 0 Å². The first-order valence-corrected chi connectivity index (χ1v) is 8.70. The van der Waals surface area contributed by atoms with Gasteiger partial charge in [-0.15, -0.1) is 12.4 Å². The largest absolute Gasteiger partial charge is 0.317 e. The van der Waals surface area contributed by atoms with Gasteiger partial charge in [0.2, 0.25) is 10.0 Å². The first kappa shape index (κ1) is 19.3. The highest BCUT2D eigenvalue weighted by Gasteiger charge is 2.34. The van der Waals surface area contributed by atoms with Gasteiger partial charge in [-0.2, -0.15) is 4.31 Å². The van der Waals surface area contributed by atoms with Crippen LogP contribution in [0.4, 0.5) is 5.69 Å². The van der Waals surface area contributed by atoms with E-state index in [0.29, 0.717) is 17.3 Å². The maximum absolute atomic E-state index is 12.7. The average Bonchev–Trinajstić information content (AvgIpc) is 2.47. The molecule has 0 aliphatic carbocycles. The molecule has 0 atom stereocenters. The van der Waals surface area contributed by atoms with E-state index in [-0.39, 0.29) is 23.3 Å². The lowest BCUT2D eigenvalue weighted by molar-refractivity contribution is -0.387. The number of nitrogens with zero attached hydrogens (tertiary/aromatic N) is 2. The Hall–Kier alpha value is -0.740. The highest BCUT2D eigenvalue weighted by atomic mass is 79.9. The molecule has 1 fully saturated rings. The third kappa shape index (κ3) is 3.96. The van der Waals surface area contributed by atoms with Crippen molar-refractivity contribution in [3.8, 4) is 0 Å². The van der Waals surface area contributed by atoms with E-state index in [0.717, 1.165) is 13.1 Å². The summed E-state index contributed by atoms with van der Waals surface area (Å²) in [6, 6.07) is 3.84. The molecule has 124 valence electrons. The zero-order valence-corrected chi connectivity index (χ0v) is 15.1. The summed E-state index contributed by atoms with van der Waals surface area (Å²) in [5.74, 6) is 0. The summed E-state index contributed by atoms with van der Waals surface area (Å²) in [4.78, 5) is 10.2. The fourth-order valence-corrected chi connectivity index (χ4v) is 4.27. The van der Waals surface area contributed by atoms with Gasteiger partial charge in [0.1, 0.15) is 0 Å². The van der Waals surface area contributed by atoms with Crippen LogP contribution in [0.15, 0.2) is 27.6 Å². The molecule has 1 N–H and O–H groups in total. The molecule has 0 amide bonds.